The summed E-state index contributed by atoms with van der Waals surface area (Å²) in [4.78, 5) is 59.9. The number of hydrogen-bond acceptors (Lipinski definition) is 10. The molecule has 3 rings (SSSR count). The number of fused-ring (bicyclic) bond motifs is 1. The summed E-state index contributed by atoms with van der Waals surface area (Å²) >= 11 is 2.40. The molecule has 196 valence electrons. The average Bonchev–Trinajstić information content (AvgIpc) is 3.30. The number of nitrogens with two attached hydrogens (primary N) is 1. The van der Waals surface area contributed by atoms with Gasteiger partial charge in [0.25, 0.3) is 11.8 Å². The third kappa shape index (κ3) is 6.14. The number of amides is 2. The van der Waals surface area contributed by atoms with E-state index in [9.17, 15) is 24.3 Å². The molecule has 1 fully saturated rings. The molecule has 2 atom stereocenters. The number of β-lactam (4-membered cyclic amide) rings is 1. The maximum atomic E-state index is 13.1. The van der Waals surface area contributed by atoms with Crippen LogP contribution in [0.3, 0.4) is 0 Å². The summed E-state index contributed by atoms with van der Waals surface area (Å²) in [6.45, 7) is 8.75. The highest BCUT2D eigenvalue weighted by molar-refractivity contribution is 8.00. The lowest BCUT2D eigenvalue weighted by molar-refractivity contribution is -0.441. The second-order valence-electron chi connectivity index (χ2n) is 8.47. The number of nitrogen functional groups attached to an aromatic ring is 1. The van der Waals surface area contributed by atoms with E-state index in [0.717, 1.165) is 11.3 Å². The number of oxime groups is 1. The molecule has 0 radical (unpaired) electrons. The van der Waals surface area contributed by atoms with Crippen molar-refractivity contribution in [1.82, 2.24) is 15.2 Å². The molecule has 2 amide bonds. The minimum Gasteiger partial charge on any atom is -0.477 e. The fourth-order valence-electron chi connectivity index (χ4n) is 3.40. The number of carbonyl (C=O) groups is 4. The first-order valence-corrected chi connectivity index (χ1v) is 12.9. The van der Waals surface area contributed by atoms with Crippen LogP contribution in [0.1, 0.15) is 26.5 Å². The SMILES string of the molecule is C=C/[N+](=C\C=C/C)CC1=C(C(=O)O)N2C(=O)[C@@H](NC(=O)/C(=N\OC(C)(C)C=O)c3csc(N)n3)C2SC1. The molecule has 0 saturated carbocycles. The summed E-state index contributed by atoms with van der Waals surface area (Å²) in [7, 11) is 0. The standard InChI is InChI=1S/C23H26N6O6S2/c1-5-7-8-28(6-2)9-13-10-36-20-16(19(32)29(20)17(13)21(33)34)26-18(31)15(14-11-37-22(24)25-14)27-35-23(3,4)12-30/h5-8,11-12,16,20H,2,9-10H2,1,3-4H3,(H3-,24,25,26,31,33,34)/p+1/b7-5-,27-15-,28-8+/t16-,20?/m1/s1. The Labute approximate surface area is 221 Å². The molecule has 0 aromatic carbocycles. The van der Waals surface area contributed by atoms with Gasteiger partial charge in [0.2, 0.25) is 0 Å². The summed E-state index contributed by atoms with van der Waals surface area (Å²) in [6.07, 6.45) is 7.44. The Morgan fingerprint density at radius 2 is 2.22 bits per heavy atom. The Bertz CT molecular complexity index is 1250. The topological polar surface area (TPSA) is 167 Å². The zero-order chi connectivity index (χ0) is 27.3. The number of anilines is 1. The van der Waals surface area contributed by atoms with Gasteiger partial charge in [-0.05, 0) is 33.4 Å². The van der Waals surface area contributed by atoms with Gasteiger partial charge in [-0.15, -0.1) is 23.1 Å². The number of nitrogens with one attached hydrogen (secondary N) is 1. The van der Waals surface area contributed by atoms with E-state index in [1.807, 2.05) is 13.0 Å². The van der Waals surface area contributed by atoms with E-state index in [2.05, 4.69) is 22.0 Å². The first-order valence-electron chi connectivity index (χ1n) is 11.0. The zero-order valence-electron chi connectivity index (χ0n) is 20.4. The molecule has 1 saturated heterocycles. The molecule has 1 aromatic rings. The summed E-state index contributed by atoms with van der Waals surface area (Å²) in [5.41, 5.74) is 4.64. The maximum Gasteiger partial charge on any atom is 0.352 e. The number of carboxylic acids is 1. The van der Waals surface area contributed by atoms with Crippen LogP contribution in [0.15, 0.2) is 46.7 Å². The van der Waals surface area contributed by atoms with Crippen molar-refractivity contribution in [3.8, 4) is 0 Å². The van der Waals surface area contributed by atoms with Crippen molar-refractivity contribution in [1.29, 1.82) is 0 Å². The molecule has 4 N–H and O–H groups in total. The Kier molecular flexibility index (Phi) is 8.65. The number of aldehydes is 1. The van der Waals surface area contributed by atoms with Crippen molar-refractivity contribution in [3.63, 3.8) is 0 Å². The first kappa shape index (κ1) is 27.8. The number of hydrogen-bond donors (Lipinski definition) is 3. The van der Waals surface area contributed by atoms with E-state index >= 15 is 0 Å². The van der Waals surface area contributed by atoms with Crippen LogP contribution in [0, 0.1) is 0 Å². The largest absolute Gasteiger partial charge is 0.477 e. The quantitative estimate of drug-likeness (QED) is 0.120. The van der Waals surface area contributed by atoms with Crippen LogP contribution < -0.4 is 11.1 Å². The molecule has 1 unspecified atom stereocenters. The third-order valence-corrected chi connectivity index (χ3v) is 7.26. The number of thiazole rings is 1. The summed E-state index contributed by atoms with van der Waals surface area (Å²) in [5.74, 6) is -2.26. The van der Waals surface area contributed by atoms with Gasteiger partial charge in [-0.25, -0.2) is 14.4 Å². The summed E-state index contributed by atoms with van der Waals surface area (Å²) in [6, 6.07) is -1.00. The lowest BCUT2D eigenvalue weighted by atomic mass is 10.0. The van der Waals surface area contributed by atoms with Gasteiger partial charge in [-0.2, -0.15) is 0 Å². The average molecular weight is 548 g/mol. The second kappa shape index (κ2) is 11.5. The van der Waals surface area contributed by atoms with Gasteiger partial charge in [-0.1, -0.05) is 11.2 Å². The lowest BCUT2D eigenvalue weighted by Crippen LogP contribution is -2.71. The van der Waals surface area contributed by atoms with E-state index in [0.29, 0.717) is 17.6 Å². The molecule has 37 heavy (non-hydrogen) atoms. The smallest absolute Gasteiger partial charge is 0.352 e. The fourth-order valence-corrected chi connectivity index (χ4v) is 5.28. The first-order chi connectivity index (χ1) is 17.5. The van der Waals surface area contributed by atoms with E-state index in [1.165, 1.54) is 35.9 Å². The number of rotatable bonds is 11. The molecule has 0 bridgehead atoms. The van der Waals surface area contributed by atoms with Crippen molar-refractivity contribution < 1.29 is 33.7 Å². The molecular formula is C23H27N6O6S2+. The third-order valence-electron chi connectivity index (χ3n) is 5.25. The van der Waals surface area contributed by atoms with Gasteiger partial charge in [0.15, 0.2) is 41.7 Å². The van der Waals surface area contributed by atoms with Crippen LogP contribution in [0.4, 0.5) is 5.13 Å². The molecule has 14 heteroatoms. The van der Waals surface area contributed by atoms with Crippen LogP contribution in [0.2, 0.25) is 0 Å². The highest BCUT2D eigenvalue weighted by atomic mass is 32.2. The van der Waals surface area contributed by atoms with Crippen molar-refractivity contribution >= 4 is 64.2 Å². The van der Waals surface area contributed by atoms with Gasteiger partial charge in [0.05, 0.1) is 0 Å². The number of carboxylic acid groups (broad SMARTS) is 1. The molecule has 12 nitrogen and oxygen atoms in total. The van der Waals surface area contributed by atoms with Gasteiger partial charge < -0.3 is 21.0 Å². The number of aromatic nitrogens is 1. The number of nitrogens with zero attached hydrogens (tertiary/aromatic N) is 4. The molecule has 1 aromatic heterocycles. The number of carbonyl (C=O) groups excluding carboxylic acids is 3. The minimum absolute atomic E-state index is 0.108. The van der Waals surface area contributed by atoms with E-state index in [4.69, 9.17) is 10.6 Å². The summed E-state index contributed by atoms with van der Waals surface area (Å²) < 4.78 is 1.71. The van der Waals surface area contributed by atoms with Crippen LogP contribution >= 0.6 is 23.1 Å². The van der Waals surface area contributed by atoms with Crippen LogP contribution in [-0.4, -0.2) is 84.9 Å². The number of allylic oxidation sites excluding steroid dienone is 2. The van der Waals surface area contributed by atoms with Crippen molar-refractivity contribution in [2.45, 2.75) is 37.8 Å². The highest BCUT2D eigenvalue weighted by Crippen LogP contribution is 2.40. The Hall–Kier alpha value is -3.78. The highest BCUT2D eigenvalue weighted by Gasteiger charge is 2.54. The zero-order valence-corrected chi connectivity index (χ0v) is 22.0. The number of thioether (sulfide) groups is 1. The Morgan fingerprint density at radius 1 is 1.49 bits per heavy atom. The summed E-state index contributed by atoms with van der Waals surface area (Å²) in [5, 5.41) is 17.3. The van der Waals surface area contributed by atoms with Crippen molar-refractivity contribution in [2.24, 2.45) is 5.16 Å². The molecule has 3 heterocycles. The number of aliphatic carboxylic acids is 1. The molecule has 2 aliphatic heterocycles. The molecule has 0 aliphatic carbocycles. The monoisotopic (exact) mass is 547 g/mol. The second-order valence-corrected chi connectivity index (χ2v) is 10.5. The van der Waals surface area contributed by atoms with Crippen LogP contribution in [0.25, 0.3) is 0 Å². The fraction of sp³-hybridized carbons (Fsp3) is 0.348. The molecule has 2 aliphatic rings. The Balaban J connectivity index is 1.84. The maximum absolute atomic E-state index is 13.1. The van der Waals surface area contributed by atoms with Gasteiger partial charge in [0.1, 0.15) is 22.8 Å². The lowest BCUT2D eigenvalue weighted by Gasteiger charge is -2.49. The minimum atomic E-state index is -1.31. The van der Waals surface area contributed by atoms with Crippen LogP contribution in [-0.2, 0) is 24.0 Å². The van der Waals surface area contributed by atoms with E-state index in [1.54, 1.807) is 23.1 Å². The van der Waals surface area contributed by atoms with Crippen LogP contribution in [0.5, 0.6) is 0 Å². The predicted molar refractivity (Wildman–Crippen MR) is 140 cm³/mol. The predicted octanol–water partition coefficient (Wildman–Crippen LogP) is 0.965. The molecule has 0 spiro atoms. The van der Waals surface area contributed by atoms with E-state index < -0.39 is 34.8 Å². The Morgan fingerprint density at radius 3 is 2.78 bits per heavy atom. The molecular weight excluding hydrogens is 520 g/mol. The van der Waals surface area contributed by atoms with Gasteiger partial charge >= 0.3 is 5.97 Å². The van der Waals surface area contributed by atoms with Gasteiger partial charge in [-0.3, -0.25) is 19.3 Å². The normalized spacial score (nSPS) is 20.4. The van der Waals surface area contributed by atoms with Crippen molar-refractivity contribution in [2.75, 3.05) is 18.0 Å². The van der Waals surface area contributed by atoms with E-state index in [-0.39, 0.29) is 28.8 Å². The van der Waals surface area contributed by atoms with Gasteiger partial charge in [0, 0.05) is 16.7 Å². The van der Waals surface area contributed by atoms with Crippen molar-refractivity contribution in [3.05, 3.63) is 47.3 Å².